The summed E-state index contributed by atoms with van der Waals surface area (Å²) in [7, 11) is 0. The first kappa shape index (κ1) is 22.3. The normalized spacial score (nSPS) is 19.5. The van der Waals surface area contributed by atoms with Crippen molar-refractivity contribution in [3.8, 4) is 11.4 Å². The first-order chi connectivity index (χ1) is 14.3. The maximum Gasteiger partial charge on any atom is 0.412 e. The topological polar surface area (TPSA) is 77.2 Å². The Labute approximate surface area is 181 Å². The predicted octanol–water partition coefficient (Wildman–Crippen LogP) is 7.18. The van der Waals surface area contributed by atoms with Gasteiger partial charge in [0.25, 0.3) is 0 Å². The molecule has 1 saturated carbocycles. The van der Waals surface area contributed by atoms with Crippen molar-refractivity contribution >= 4 is 11.8 Å². The summed E-state index contributed by atoms with van der Waals surface area (Å²) in [6.07, 6.45) is 9.68. The summed E-state index contributed by atoms with van der Waals surface area (Å²) >= 11 is 0. The van der Waals surface area contributed by atoms with Crippen LogP contribution in [0.2, 0.25) is 0 Å². The molecule has 1 aliphatic rings. The molecule has 1 aromatic heterocycles. The predicted molar refractivity (Wildman–Crippen MR) is 121 cm³/mol. The monoisotopic (exact) mass is 415 g/mol. The van der Waals surface area contributed by atoms with Crippen molar-refractivity contribution in [2.75, 3.05) is 5.32 Å². The van der Waals surface area contributed by atoms with Crippen LogP contribution in [-0.2, 0) is 4.74 Å². The molecule has 6 nitrogen and oxygen atoms in total. The van der Waals surface area contributed by atoms with Crippen LogP contribution in [0.15, 0.2) is 28.8 Å². The van der Waals surface area contributed by atoms with E-state index in [0.717, 1.165) is 30.2 Å². The van der Waals surface area contributed by atoms with E-state index < -0.39 is 11.7 Å². The van der Waals surface area contributed by atoms with Crippen molar-refractivity contribution in [3.05, 3.63) is 30.2 Å². The fourth-order valence-electron chi connectivity index (χ4n) is 4.02. The summed E-state index contributed by atoms with van der Waals surface area (Å²) in [6, 6.07) is 7.39. The zero-order chi connectivity index (χ0) is 21.6. The molecule has 1 fully saturated rings. The first-order valence-corrected chi connectivity index (χ1v) is 11.3. The van der Waals surface area contributed by atoms with E-state index in [-0.39, 0.29) is 1.43 Å². The second kappa shape index (κ2) is 10.1. The minimum Gasteiger partial charge on any atom is -0.444 e. The molecule has 0 saturated heterocycles. The largest absolute Gasteiger partial charge is 0.444 e. The zero-order valence-corrected chi connectivity index (χ0v) is 18.7. The highest BCUT2D eigenvalue weighted by Gasteiger charge is 2.26. The second-order valence-corrected chi connectivity index (χ2v) is 9.37. The summed E-state index contributed by atoms with van der Waals surface area (Å²) in [4.78, 5) is 16.5. The van der Waals surface area contributed by atoms with Crippen molar-refractivity contribution in [2.24, 2.45) is 5.92 Å². The van der Waals surface area contributed by atoms with Crippen LogP contribution < -0.4 is 5.32 Å². The third-order valence-corrected chi connectivity index (χ3v) is 5.64. The van der Waals surface area contributed by atoms with E-state index in [1.54, 1.807) is 0 Å². The Bertz CT molecular complexity index is 806. The van der Waals surface area contributed by atoms with E-state index >= 15 is 0 Å². The van der Waals surface area contributed by atoms with Gasteiger partial charge in [0.1, 0.15) is 5.60 Å². The number of aromatic nitrogens is 2. The third-order valence-electron chi connectivity index (χ3n) is 5.64. The molecule has 0 atom stereocenters. The number of ether oxygens (including phenoxy) is 1. The summed E-state index contributed by atoms with van der Waals surface area (Å²) in [5, 5.41) is 6.91. The number of carbonyl (C=O) groups is 1. The van der Waals surface area contributed by atoms with Gasteiger partial charge in [-0.15, -0.1) is 0 Å². The Morgan fingerprint density at radius 2 is 1.87 bits per heavy atom. The minimum absolute atomic E-state index is 0. The van der Waals surface area contributed by atoms with Gasteiger partial charge in [-0.2, -0.15) is 4.98 Å². The van der Waals surface area contributed by atoms with E-state index in [9.17, 15) is 4.79 Å². The highest BCUT2D eigenvalue weighted by Crippen LogP contribution is 2.37. The number of hydrogen-bond donors (Lipinski definition) is 1. The molecule has 0 bridgehead atoms. The van der Waals surface area contributed by atoms with Gasteiger partial charge >= 0.3 is 6.09 Å². The highest BCUT2D eigenvalue weighted by molar-refractivity contribution is 5.85. The molecular formula is C24H37N3O3. The highest BCUT2D eigenvalue weighted by atomic mass is 16.6. The molecule has 1 N–H and O–H groups in total. The quantitative estimate of drug-likeness (QED) is 0.484. The lowest BCUT2D eigenvalue weighted by atomic mass is 9.79. The molecule has 1 aliphatic carbocycles. The summed E-state index contributed by atoms with van der Waals surface area (Å²) in [5.41, 5.74) is 1.01. The van der Waals surface area contributed by atoms with E-state index in [1.807, 2.05) is 45.0 Å². The SMILES string of the molecule is CCCCCC1CCC(c2nc(-c3ccc(NC(=O)OC(C)(C)C)cc3)no2)CC1.[HH]. The summed E-state index contributed by atoms with van der Waals surface area (Å²) in [6.45, 7) is 7.77. The maximum atomic E-state index is 11.9. The number of nitrogens with one attached hydrogen (secondary N) is 1. The van der Waals surface area contributed by atoms with Gasteiger partial charge < -0.3 is 9.26 Å². The number of anilines is 1. The summed E-state index contributed by atoms with van der Waals surface area (Å²) < 4.78 is 10.9. The van der Waals surface area contributed by atoms with Crippen LogP contribution in [0.3, 0.4) is 0 Å². The standard InChI is InChI=1S/C24H35N3O3.H2/c1-5-6-7-8-17-9-11-19(12-10-17)22-26-21(27-30-22)18-13-15-20(16-14-18)25-23(28)29-24(2,3)4;/h13-17,19H,5-12H2,1-4H3,(H,25,28);1H. The van der Waals surface area contributed by atoms with Gasteiger partial charge in [0, 0.05) is 18.6 Å². The van der Waals surface area contributed by atoms with Gasteiger partial charge in [-0.3, -0.25) is 5.32 Å². The van der Waals surface area contributed by atoms with Crippen molar-refractivity contribution in [1.29, 1.82) is 0 Å². The fourth-order valence-corrected chi connectivity index (χ4v) is 4.02. The third kappa shape index (κ3) is 6.57. The van der Waals surface area contributed by atoms with Crippen LogP contribution in [0.4, 0.5) is 10.5 Å². The molecule has 0 radical (unpaired) electrons. The molecule has 1 aromatic carbocycles. The Hall–Kier alpha value is -2.37. The van der Waals surface area contributed by atoms with Crippen molar-refractivity contribution in [3.63, 3.8) is 0 Å². The molecule has 0 spiro atoms. The van der Waals surface area contributed by atoms with Gasteiger partial charge in [0.15, 0.2) is 0 Å². The number of benzene rings is 1. The Kier molecular flexibility index (Phi) is 7.51. The molecule has 2 aromatic rings. The zero-order valence-electron chi connectivity index (χ0n) is 18.7. The average molecular weight is 416 g/mol. The second-order valence-electron chi connectivity index (χ2n) is 9.37. The van der Waals surface area contributed by atoms with Gasteiger partial charge in [0.2, 0.25) is 11.7 Å². The van der Waals surface area contributed by atoms with Crippen LogP contribution in [0, 0.1) is 5.92 Å². The molecule has 6 heteroatoms. The van der Waals surface area contributed by atoms with Crippen LogP contribution >= 0.6 is 0 Å². The number of carbonyl (C=O) groups excluding carboxylic acids is 1. The molecule has 1 heterocycles. The minimum atomic E-state index is -0.528. The summed E-state index contributed by atoms with van der Waals surface area (Å²) in [5.74, 6) is 2.59. The average Bonchev–Trinajstić information content (AvgIpc) is 3.18. The molecule has 3 rings (SSSR count). The van der Waals surface area contributed by atoms with Gasteiger partial charge in [-0.25, -0.2) is 4.79 Å². The van der Waals surface area contributed by atoms with Crippen molar-refractivity contribution in [2.45, 2.75) is 90.6 Å². The Morgan fingerprint density at radius 1 is 1.17 bits per heavy atom. The molecule has 1 amide bonds. The van der Waals surface area contributed by atoms with Crippen molar-refractivity contribution in [1.82, 2.24) is 10.1 Å². The van der Waals surface area contributed by atoms with E-state index in [2.05, 4.69) is 22.4 Å². The molecular weight excluding hydrogens is 378 g/mol. The van der Waals surface area contributed by atoms with Crippen LogP contribution in [0.25, 0.3) is 11.4 Å². The first-order valence-electron chi connectivity index (χ1n) is 11.3. The van der Waals surface area contributed by atoms with Crippen LogP contribution in [0.5, 0.6) is 0 Å². The number of unbranched alkanes of at least 4 members (excludes halogenated alkanes) is 2. The molecule has 30 heavy (non-hydrogen) atoms. The number of hydrogen-bond acceptors (Lipinski definition) is 5. The molecule has 166 valence electrons. The smallest absolute Gasteiger partial charge is 0.412 e. The lowest BCUT2D eigenvalue weighted by molar-refractivity contribution is 0.0636. The van der Waals surface area contributed by atoms with E-state index in [4.69, 9.17) is 9.26 Å². The van der Waals surface area contributed by atoms with Gasteiger partial charge in [-0.1, -0.05) is 37.8 Å². The molecule has 0 aliphatic heterocycles. The fraction of sp³-hybridized carbons (Fsp3) is 0.625. The van der Waals surface area contributed by atoms with Gasteiger partial charge in [0.05, 0.1) is 0 Å². The number of amides is 1. The lowest BCUT2D eigenvalue weighted by Crippen LogP contribution is -2.27. The van der Waals surface area contributed by atoms with E-state index in [1.165, 1.54) is 38.5 Å². The van der Waals surface area contributed by atoms with Crippen LogP contribution in [0.1, 0.15) is 92.3 Å². The van der Waals surface area contributed by atoms with Gasteiger partial charge in [-0.05, 0) is 76.6 Å². The Morgan fingerprint density at radius 3 is 2.50 bits per heavy atom. The maximum absolute atomic E-state index is 11.9. The van der Waals surface area contributed by atoms with E-state index in [0.29, 0.717) is 17.4 Å². The number of rotatable bonds is 7. The molecule has 0 unspecified atom stereocenters. The number of nitrogens with zero attached hydrogens (tertiary/aromatic N) is 2. The van der Waals surface area contributed by atoms with Crippen molar-refractivity contribution < 1.29 is 15.5 Å². The van der Waals surface area contributed by atoms with Crippen LogP contribution in [-0.4, -0.2) is 21.8 Å². The lowest BCUT2D eigenvalue weighted by Gasteiger charge is -2.26. The Balaban J connectivity index is 0.00000341.